The second-order valence-corrected chi connectivity index (χ2v) is 7.41. The van der Waals surface area contributed by atoms with Crippen LogP contribution in [-0.2, 0) is 10.0 Å². The molecule has 0 radical (unpaired) electrons. The predicted molar refractivity (Wildman–Crippen MR) is 80.0 cm³/mol. The van der Waals surface area contributed by atoms with Gasteiger partial charge >= 0.3 is 0 Å². The molecule has 1 aliphatic heterocycles. The molecule has 0 fully saturated rings. The molecule has 3 nitrogen and oxygen atoms in total. The summed E-state index contributed by atoms with van der Waals surface area (Å²) in [5.74, 6) is 0. The van der Waals surface area contributed by atoms with Crippen LogP contribution in [0.25, 0.3) is 0 Å². The minimum Gasteiger partial charge on any atom is -0.207 e. The number of sulfonamides is 1. The Hall–Kier alpha value is -1.39. The van der Waals surface area contributed by atoms with E-state index in [4.69, 9.17) is 0 Å². The second-order valence-electron chi connectivity index (χ2n) is 5.47. The summed E-state index contributed by atoms with van der Waals surface area (Å²) in [6, 6.07) is 7.11. The van der Waals surface area contributed by atoms with Crippen LogP contribution in [0, 0.1) is 6.92 Å². The molecule has 0 spiro atoms. The third-order valence-electron chi connectivity index (χ3n) is 4.04. The summed E-state index contributed by atoms with van der Waals surface area (Å²) in [6.45, 7) is 3.10. The van der Waals surface area contributed by atoms with Gasteiger partial charge in [0.15, 0.2) is 0 Å². The van der Waals surface area contributed by atoms with Crippen molar-refractivity contribution < 1.29 is 8.42 Å². The molecule has 2 aliphatic rings. The monoisotopic (exact) mass is 289 g/mol. The number of rotatable bonds is 2. The first-order valence-corrected chi connectivity index (χ1v) is 8.45. The summed E-state index contributed by atoms with van der Waals surface area (Å²) in [5.41, 5.74) is 3.70. The molecule has 0 amide bonds. The summed E-state index contributed by atoms with van der Waals surface area (Å²) in [7, 11) is -3.35. The van der Waals surface area contributed by atoms with Crippen LogP contribution < -0.4 is 0 Å². The highest BCUT2D eigenvalue weighted by molar-refractivity contribution is 7.89. The Kier molecular flexibility index (Phi) is 3.52. The van der Waals surface area contributed by atoms with Crippen LogP contribution in [0.5, 0.6) is 0 Å². The minimum absolute atomic E-state index is 0.401. The van der Waals surface area contributed by atoms with Crippen molar-refractivity contribution in [2.24, 2.45) is 0 Å². The van der Waals surface area contributed by atoms with E-state index in [1.807, 2.05) is 19.1 Å². The van der Waals surface area contributed by atoms with Gasteiger partial charge in [-0.2, -0.15) is 4.31 Å². The molecule has 1 heterocycles. The van der Waals surface area contributed by atoms with E-state index in [1.54, 1.807) is 16.4 Å². The van der Waals surface area contributed by atoms with E-state index in [0.29, 0.717) is 18.0 Å². The number of hydrogen-bond donors (Lipinski definition) is 0. The van der Waals surface area contributed by atoms with Crippen LogP contribution >= 0.6 is 0 Å². The molecule has 1 aromatic rings. The van der Waals surface area contributed by atoms with Crippen molar-refractivity contribution in [2.75, 3.05) is 13.1 Å². The molecule has 0 aromatic heterocycles. The molecule has 0 atom stereocenters. The van der Waals surface area contributed by atoms with Crippen molar-refractivity contribution in [2.45, 2.75) is 31.1 Å². The van der Waals surface area contributed by atoms with Crippen LogP contribution in [0.2, 0.25) is 0 Å². The van der Waals surface area contributed by atoms with Gasteiger partial charge in [0, 0.05) is 13.1 Å². The lowest BCUT2D eigenvalue weighted by atomic mass is 9.93. The summed E-state index contributed by atoms with van der Waals surface area (Å²) in [5, 5.41) is 0. The van der Waals surface area contributed by atoms with Gasteiger partial charge in [0.2, 0.25) is 10.0 Å². The van der Waals surface area contributed by atoms with Gasteiger partial charge in [-0.1, -0.05) is 35.4 Å². The van der Waals surface area contributed by atoms with Gasteiger partial charge in [0.1, 0.15) is 0 Å². The highest BCUT2D eigenvalue weighted by Gasteiger charge is 2.29. The summed E-state index contributed by atoms with van der Waals surface area (Å²) >= 11 is 0. The summed E-state index contributed by atoms with van der Waals surface area (Å²) < 4.78 is 26.9. The van der Waals surface area contributed by atoms with Crippen LogP contribution in [0.4, 0.5) is 0 Å². The van der Waals surface area contributed by atoms with Crippen molar-refractivity contribution in [3.8, 4) is 0 Å². The van der Waals surface area contributed by atoms with Crippen LogP contribution in [0.3, 0.4) is 0 Å². The predicted octanol–water partition coefficient (Wildman–Crippen LogP) is 3.04. The van der Waals surface area contributed by atoms with Gasteiger partial charge in [-0.3, -0.25) is 0 Å². The third-order valence-corrected chi connectivity index (χ3v) is 5.90. The highest BCUT2D eigenvalue weighted by atomic mass is 32.2. The molecule has 106 valence electrons. The van der Waals surface area contributed by atoms with E-state index in [2.05, 4.69) is 12.2 Å². The van der Waals surface area contributed by atoms with Gasteiger partial charge in [-0.15, -0.1) is 0 Å². The fourth-order valence-corrected chi connectivity index (χ4v) is 4.24. The molecule has 0 bridgehead atoms. The van der Waals surface area contributed by atoms with Crippen LogP contribution in [0.15, 0.2) is 52.5 Å². The van der Waals surface area contributed by atoms with E-state index in [-0.39, 0.29) is 0 Å². The Morgan fingerprint density at radius 1 is 1.10 bits per heavy atom. The van der Waals surface area contributed by atoms with E-state index >= 15 is 0 Å². The molecular weight excluding hydrogens is 270 g/mol. The fraction of sp³-hybridized carbons (Fsp3) is 0.375. The SMILES string of the molecule is Cc1ccc(S(=O)(=O)N2CCC3=C(CCC=C3)C2)cc1. The topological polar surface area (TPSA) is 37.4 Å². The van der Waals surface area contributed by atoms with Crippen LogP contribution in [0.1, 0.15) is 24.8 Å². The third kappa shape index (κ3) is 2.45. The largest absolute Gasteiger partial charge is 0.243 e. The Labute approximate surface area is 120 Å². The molecular formula is C16H19NO2S. The Morgan fingerprint density at radius 3 is 2.60 bits per heavy atom. The molecule has 1 aromatic carbocycles. The number of hydrogen-bond acceptors (Lipinski definition) is 2. The molecule has 3 rings (SSSR count). The van der Waals surface area contributed by atoms with E-state index in [9.17, 15) is 8.42 Å². The normalized spacial score (nSPS) is 20.1. The van der Waals surface area contributed by atoms with E-state index in [1.165, 1.54) is 11.1 Å². The average molecular weight is 289 g/mol. The second kappa shape index (κ2) is 5.19. The van der Waals surface area contributed by atoms with Crippen molar-refractivity contribution in [1.82, 2.24) is 4.31 Å². The van der Waals surface area contributed by atoms with Gasteiger partial charge in [0.05, 0.1) is 4.90 Å². The van der Waals surface area contributed by atoms with Gasteiger partial charge in [-0.05, 0) is 43.9 Å². The number of aryl methyl sites for hydroxylation is 1. The molecule has 0 saturated carbocycles. The van der Waals surface area contributed by atoms with Gasteiger partial charge in [0.25, 0.3) is 0 Å². The fourth-order valence-electron chi connectivity index (χ4n) is 2.80. The Balaban J connectivity index is 1.88. The Bertz CT molecular complexity index is 669. The summed E-state index contributed by atoms with van der Waals surface area (Å²) in [4.78, 5) is 0.401. The molecule has 20 heavy (non-hydrogen) atoms. The summed E-state index contributed by atoms with van der Waals surface area (Å²) in [6.07, 6.45) is 7.19. The average Bonchev–Trinajstić information content (AvgIpc) is 2.47. The first-order valence-electron chi connectivity index (χ1n) is 7.01. The zero-order valence-corrected chi connectivity index (χ0v) is 12.5. The lowest BCUT2D eigenvalue weighted by Crippen LogP contribution is -2.37. The van der Waals surface area contributed by atoms with Gasteiger partial charge < -0.3 is 0 Å². The maximum Gasteiger partial charge on any atom is 0.243 e. The molecule has 0 unspecified atom stereocenters. The van der Waals surface area contributed by atoms with Gasteiger partial charge in [-0.25, -0.2) is 8.42 Å². The number of nitrogens with zero attached hydrogens (tertiary/aromatic N) is 1. The lowest BCUT2D eigenvalue weighted by Gasteiger charge is -2.30. The van der Waals surface area contributed by atoms with Crippen molar-refractivity contribution in [1.29, 1.82) is 0 Å². The number of benzene rings is 1. The standard InChI is InChI=1S/C16H19NO2S/c1-13-6-8-16(9-7-13)20(18,19)17-11-10-14-4-2-3-5-15(14)12-17/h2,4,6-9H,3,5,10-12H2,1H3. The zero-order valence-electron chi connectivity index (χ0n) is 11.7. The lowest BCUT2D eigenvalue weighted by molar-refractivity contribution is 0.416. The molecule has 0 N–H and O–H groups in total. The van der Waals surface area contributed by atoms with Crippen molar-refractivity contribution in [3.63, 3.8) is 0 Å². The van der Waals surface area contributed by atoms with Crippen molar-refractivity contribution >= 4 is 10.0 Å². The highest BCUT2D eigenvalue weighted by Crippen LogP contribution is 2.29. The molecule has 0 saturated heterocycles. The zero-order chi connectivity index (χ0) is 14.2. The first-order chi connectivity index (χ1) is 9.57. The minimum atomic E-state index is -3.35. The molecule has 1 aliphatic carbocycles. The maximum atomic E-state index is 12.7. The van der Waals surface area contributed by atoms with Crippen LogP contribution in [-0.4, -0.2) is 25.8 Å². The smallest absolute Gasteiger partial charge is 0.207 e. The van der Waals surface area contributed by atoms with E-state index < -0.39 is 10.0 Å². The number of allylic oxidation sites excluding steroid dienone is 2. The van der Waals surface area contributed by atoms with E-state index in [0.717, 1.165) is 24.8 Å². The maximum absolute atomic E-state index is 12.7. The first kappa shape index (κ1) is 13.6. The quantitative estimate of drug-likeness (QED) is 0.839. The molecule has 4 heteroatoms. The van der Waals surface area contributed by atoms with Crippen molar-refractivity contribution in [3.05, 3.63) is 53.1 Å². The Morgan fingerprint density at radius 2 is 1.85 bits per heavy atom.